The van der Waals surface area contributed by atoms with Crippen LogP contribution in [0, 0.1) is 13.8 Å². The molecule has 3 aromatic rings. The van der Waals surface area contributed by atoms with E-state index in [1.165, 1.54) is 11.8 Å². The van der Waals surface area contributed by atoms with Crippen LogP contribution >= 0.6 is 23.4 Å². The first-order valence-electron chi connectivity index (χ1n) is 8.04. The van der Waals surface area contributed by atoms with Crippen LogP contribution in [-0.2, 0) is 11.3 Å². The molecular weight excluding hydrogens is 370 g/mol. The summed E-state index contributed by atoms with van der Waals surface area (Å²) >= 11 is 7.39. The Hall–Kier alpha value is -2.38. The first-order valence-corrected chi connectivity index (χ1v) is 9.40. The number of halogens is 1. The Balaban J connectivity index is 1.63. The molecule has 0 saturated carbocycles. The number of nitrogens with one attached hydrogen (secondary N) is 1. The molecule has 8 heteroatoms. The van der Waals surface area contributed by atoms with Crippen molar-refractivity contribution in [2.75, 3.05) is 5.75 Å². The predicted octanol–water partition coefficient (Wildman–Crippen LogP) is 3.34. The molecular formula is C18H18ClN5OS. The predicted molar refractivity (Wildman–Crippen MR) is 103 cm³/mol. The lowest BCUT2D eigenvalue weighted by Gasteiger charge is -2.10. The number of aromatic nitrogens is 4. The van der Waals surface area contributed by atoms with Crippen molar-refractivity contribution in [3.63, 3.8) is 0 Å². The van der Waals surface area contributed by atoms with Crippen molar-refractivity contribution in [2.24, 2.45) is 0 Å². The summed E-state index contributed by atoms with van der Waals surface area (Å²) in [6, 6.07) is 13.4. The normalized spacial score (nSPS) is 10.7. The Labute approximate surface area is 160 Å². The van der Waals surface area contributed by atoms with Gasteiger partial charge < -0.3 is 5.32 Å². The molecule has 0 unspecified atom stereocenters. The third-order valence-corrected chi connectivity index (χ3v) is 5.15. The number of aryl methyl sites for hydroxylation is 2. The molecule has 0 bridgehead atoms. The molecule has 6 nitrogen and oxygen atoms in total. The summed E-state index contributed by atoms with van der Waals surface area (Å²) in [6.07, 6.45) is 0. The van der Waals surface area contributed by atoms with Gasteiger partial charge in [0.2, 0.25) is 11.1 Å². The summed E-state index contributed by atoms with van der Waals surface area (Å²) in [5.41, 5.74) is 3.97. The number of para-hydroxylation sites is 1. The lowest BCUT2D eigenvalue weighted by Crippen LogP contribution is -2.24. The van der Waals surface area contributed by atoms with Gasteiger partial charge in [-0.1, -0.05) is 59.8 Å². The topological polar surface area (TPSA) is 72.7 Å². The van der Waals surface area contributed by atoms with Crippen LogP contribution in [0.4, 0.5) is 0 Å². The van der Waals surface area contributed by atoms with Crippen LogP contribution in [0.5, 0.6) is 0 Å². The first kappa shape index (κ1) is 18.4. The van der Waals surface area contributed by atoms with Crippen molar-refractivity contribution < 1.29 is 4.79 Å². The van der Waals surface area contributed by atoms with E-state index in [9.17, 15) is 4.79 Å². The number of hydrogen-bond donors (Lipinski definition) is 1. The molecule has 134 valence electrons. The van der Waals surface area contributed by atoms with Crippen LogP contribution in [0.15, 0.2) is 47.6 Å². The van der Waals surface area contributed by atoms with Crippen molar-refractivity contribution >= 4 is 29.3 Å². The summed E-state index contributed by atoms with van der Waals surface area (Å²) in [5.74, 6) is 0.112. The van der Waals surface area contributed by atoms with Crippen LogP contribution in [0.2, 0.25) is 5.02 Å². The first-order chi connectivity index (χ1) is 12.6. The van der Waals surface area contributed by atoms with Gasteiger partial charge in [0.15, 0.2) is 0 Å². The van der Waals surface area contributed by atoms with Crippen LogP contribution in [-0.4, -0.2) is 31.9 Å². The highest BCUT2D eigenvalue weighted by molar-refractivity contribution is 7.99. The van der Waals surface area contributed by atoms with Gasteiger partial charge in [0.05, 0.1) is 11.4 Å². The number of tetrazole rings is 1. The van der Waals surface area contributed by atoms with Crippen LogP contribution < -0.4 is 5.32 Å². The largest absolute Gasteiger partial charge is 0.351 e. The zero-order valence-electron chi connectivity index (χ0n) is 14.4. The van der Waals surface area contributed by atoms with E-state index in [2.05, 4.69) is 20.8 Å². The van der Waals surface area contributed by atoms with Crippen molar-refractivity contribution in [3.8, 4) is 5.69 Å². The molecule has 1 N–H and O–H groups in total. The summed E-state index contributed by atoms with van der Waals surface area (Å²) in [5, 5.41) is 16.0. The molecule has 26 heavy (non-hydrogen) atoms. The van der Waals surface area contributed by atoms with Crippen molar-refractivity contribution in [2.45, 2.75) is 25.5 Å². The van der Waals surface area contributed by atoms with Gasteiger partial charge in [0, 0.05) is 11.6 Å². The number of rotatable bonds is 6. The molecule has 0 atom stereocenters. The molecule has 0 aliphatic carbocycles. The second kappa shape index (κ2) is 8.33. The summed E-state index contributed by atoms with van der Waals surface area (Å²) in [4.78, 5) is 12.2. The highest BCUT2D eigenvalue weighted by atomic mass is 35.5. The number of nitrogens with zero attached hydrogens (tertiary/aromatic N) is 4. The minimum Gasteiger partial charge on any atom is -0.351 e. The van der Waals surface area contributed by atoms with Gasteiger partial charge in [-0.05, 0) is 47.0 Å². The molecule has 1 amide bonds. The zero-order valence-corrected chi connectivity index (χ0v) is 16.0. The second-order valence-corrected chi connectivity index (χ2v) is 7.12. The quantitative estimate of drug-likeness (QED) is 0.657. The SMILES string of the molecule is Cc1cccc(C)c1-n1nnnc1SCC(=O)NCc1ccccc1Cl. The average molecular weight is 388 g/mol. The Bertz CT molecular complexity index is 907. The van der Waals surface area contributed by atoms with Gasteiger partial charge in [-0.2, -0.15) is 4.68 Å². The number of amides is 1. The van der Waals surface area contributed by atoms with Gasteiger partial charge >= 0.3 is 0 Å². The van der Waals surface area contributed by atoms with E-state index in [0.717, 1.165) is 22.4 Å². The molecule has 0 saturated heterocycles. The van der Waals surface area contributed by atoms with Gasteiger partial charge in [-0.3, -0.25) is 4.79 Å². The lowest BCUT2D eigenvalue weighted by molar-refractivity contribution is -0.118. The van der Waals surface area contributed by atoms with Crippen molar-refractivity contribution in [1.82, 2.24) is 25.5 Å². The van der Waals surface area contributed by atoms with Crippen LogP contribution in [0.3, 0.4) is 0 Å². The number of carbonyl (C=O) groups excluding carboxylic acids is 1. The smallest absolute Gasteiger partial charge is 0.230 e. The Kier molecular flexibility index (Phi) is 5.90. The molecule has 3 rings (SSSR count). The van der Waals surface area contributed by atoms with Crippen LogP contribution in [0.1, 0.15) is 16.7 Å². The molecule has 1 heterocycles. The Morgan fingerprint density at radius 1 is 1.15 bits per heavy atom. The van der Waals surface area contributed by atoms with Gasteiger partial charge in [0.25, 0.3) is 0 Å². The fourth-order valence-corrected chi connectivity index (χ4v) is 3.47. The fourth-order valence-electron chi connectivity index (χ4n) is 2.57. The van der Waals surface area contributed by atoms with E-state index in [1.807, 2.05) is 50.2 Å². The summed E-state index contributed by atoms with van der Waals surface area (Å²) in [6.45, 7) is 4.41. The number of thioether (sulfide) groups is 1. The number of benzene rings is 2. The van der Waals surface area contributed by atoms with Crippen molar-refractivity contribution in [3.05, 3.63) is 64.2 Å². The fraction of sp³-hybridized carbons (Fsp3) is 0.222. The minimum absolute atomic E-state index is 0.106. The summed E-state index contributed by atoms with van der Waals surface area (Å²) < 4.78 is 1.68. The number of hydrogen-bond acceptors (Lipinski definition) is 5. The maximum atomic E-state index is 12.2. The molecule has 0 spiro atoms. The molecule has 1 aromatic heterocycles. The van der Waals surface area contributed by atoms with E-state index >= 15 is 0 Å². The molecule has 0 aliphatic rings. The lowest BCUT2D eigenvalue weighted by atomic mass is 10.1. The summed E-state index contributed by atoms with van der Waals surface area (Å²) in [7, 11) is 0. The van der Waals surface area contributed by atoms with E-state index in [0.29, 0.717) is 16.7 Å². The average Bonchev–Trinajstić information content (AvgIpc) is 3.07. The van der Waals surface area contributed by atoms with E-state index in [4.69, 9.17) is 11.6 Å². The second-order valence-electron chi connectivity index (χ2n) is 5.77. The van der Waals surface area contributed by atoms with Crippen LogP contribution in [0.25, 0.3) is 5.69 Å². The maximum absolute atomic E-state index is 12.2. The van der Waals surface area contributed by atoms with Gasteiger partial charge in [-0.15, -0.1) is 5.10 Å². The molecule has 0 aliphatic heterocycles. The Morgan fingerprint density at radius 3 is 2.62 bits per heavy atom. The van der Waals surface area contributed by atoms with E-state index in [1.54, 1.807) is 10.7 Å². The third-order valence-electron chi connectivity index (χ3n) is 3.86. The minimum atomic E-state index is -0.106. The van der Waals surface area contributed by atoms with Crippen molar-refractivity contribution in [1.29, 1.82) is 0 Å². The molecule has 2 aromatic carbocycles. The Morgan fingerprint density at radius 2 is 1.88 bits per heavy atom. The highest BCUT2D eigenvalue weighted by Crippen LogP contribution is 2.23. The zero-order chi connectivity index (χ0) is 18.5. The standard InChI is InChI=1S/C18H18ClN5OS/c1-12-6-5-7-13(2)17(12)24-18(21-22-23-24)26-11-16(25)20-10-14-8-3-4-9-15(14)19/h3-9H,10-11H2,1-2H3,(H,20,25). The van der Waals surface area contributed by atoms with E-state index < -0.39 is 0 Å². The monoisotopic (exact) mass is 387 g/mol. The molecule has 0 radical (unpaired) electrons. The maximum Gasteiger partial charge on any atom is 0.230 e. The van der Waals surface area contributed by atoms with E-state index in [-0.39, 0.29) is 11.7 Å². The number of carbonyl (C=O) groups is 1. The van der Waals surface area contributed by atoms with Gasteiger partial charge in [0.1, 0.15) is 0 Å². The third kappa shape index (κ3) is 4.23. The molecule has 0 fully saturated rings. The van der Waals surface area contributed by atoms with Gasteiger partial charge in [-0.25, -0.2) is 0 Å². The highest BCUT2D eigenvalue weighted by Gasteiger charge is 2.14.